The molecule has 0 unspecified atom stereocenters. The van der Waals surface area contributed by atoms with E-state index in [2.05, 4.69) is 33.9 Å². The predicted octanol–water partition coefficient (Wildman–Crippen LogP) is 3.57. The molecule has 38 heavy (non-hydrogen) atoms. The van der Waals surface area contributed by atoms with Gasteiger partial charge in [0.15, 0.2) is 17.4 Å². The van der Waals surface area contributed by atoms with Gasteiger partial charge in [-0.3, -0.25) is 9.69 Å². The van der Waals surface area contributed by atoms with Crippen LogP contribution in [0, 0.1) is 17.6 Å². The maximum Gasteiger partial charge on any atom is 0.202 e. The average Bonchev–Trinajstić information content (AvgIpc) is 3.38. The molecule has 0 bridgehead atoms. The van der Waals surface area contributed by atoms with Crippen molar-refractivity contribution in [3.05, 3.63) is 54.0 Å². The Morgan fingerprint density at radius 1 is 1.13 bits per heavy atom. The number of amidine groups is 1. The lowest BCUT2D eigenvalue weighted by molar-refractivity contribution is 0.216. The Balaban J connectivity index is 1.84. The lowest BCUT2D eigenvalue weighted by atomic mass is 10.1. The van der Waals surface area contributed by atoms with Crippen molar-refractivity contribution in [2.45, 2.75) is 40.7 Å². The van der Waals surface area contributed by atoms with Gasteiger partial charge in [-0.25, -0.2) is 15.2 Å². The molecule has 12 heteroatoms. The summed E-state index contributed by atoms with van der Waals surface area (Å²) < 4.78 is 37.2. The van der Waals surface area contributed by atoms with Crippen LogP contribution < -0.4 is 27.2 Å². The van der Waals surface area contributed by atoms with Gasteiger partial charge in [-0.1, -0.05) is 27.7 Å². The number of pyridine rings is 1. The Morgan fingerprint density at radius 2 is 1.87 bits per heavy atom. The maximum atomic E-state index is 15.1. The maximum absolute atomic E-state index is 15.1. The number of aromatic nitrogens is 3. The van der Waals surface area contributed by atoms with Crippen molar-refractivity contribution in [1.82, 2.24) is 19.7 Å². The Morgan fingerprint density at radius 3 is 2.53 bits per heavy atom. The van der Waals surface area contributed by atoms with Gasteiger partial charge in [0.25, 0.3) is 0 Å². The molecule has 3 rings (SSSR count). The zero-order valence-electron chi connectivity index (χ0n) is 22.4. The molecule has 2 aromatic heterocycles. The molecule has 0 aliphatic rings. The Hall–Kier alpha value is -3.77. The summed E-state index contributed by atoms with van der Waals surface area (Å²) in [6, 6.07) is 4.28. The number of nitrogens with two attached hydrogens (primary N) is 3. The summed E-state index contributed by atoms with van der Waals surface area (Å²) in [5.74, 6) is 9.74. The first-order valence-corrected chi connectivity index (χ1v) is 12.6. The molecule has 2 heterocycles. The normalized spacial score (nSPS) is 12.0. The number of hydrogen-bond donors (Lipinski definition) is 3. The molecule has 0 spiro atoms. The van der Waals surface area contributed by atoms with Crippen LogP contribution in [0.5, 0.6) is 5.75 Å². The van der Waals surface area contributed by atoms with Crippen LogP contribution in [0.2, 0.25) is 0 Å². The van der Waals surface area contributed by atoms with E-state index < -0.39 is 11.6 Å². The van der Waals surface area contributed by atoms with Gasteiger partial charge in [0.1, 0.15) is 12.4 Å². The van der Waals surface area contributed by atoms with Gasteiger partial charge in [0.2, 0.25) is 5.82 Å². The third-order valence-electron chi connectivity index (χ3n) is 6.26. The smallest absolute Gasteiger partial charge is 0.202 e. The van der Waals surface area contributed by atoms with Crippen molar-refractivity contribution in [1.29, 1.82) is 0 Å². The topological polar surface area (TPSA) is 137 Å². The largest absolute Gasteiger partial charge is 0.489 e. The Kier molecular flexibility index (Phi) is 9.97. The van der Waals surface area contributed by atoms with E-state index in [9.17, 15) is 4.39 Å². The molecule has 0 saturated carbocycles. The minimum Gasteiger partial charge on any atom is -0.489 e. The number of likely N-dealkylation sites (N-methyl/N-ethyl adjacent to an activating group) is 1. The van der Waals surface area contributed by atoms with E-state index in [-0.39, 0.29) is 35.3 Å². The molecule has 206 valence electrons. The minimum atomic E-state index is -1.21. The van der Waals surface area contributed by atoms with Crippen molar-refractivity contribution in [2.24, 2.45) is 22.7 Å². The van der Waals surface area contributed by atoms with Gasteiger partial charge in [-0.2, -0.15) is 14.6 Å². The van der Waals surface area contributed by atoms with Gasteiger partial charge < -0.3 is 21.2 Å². The standard InChI is InChI=1S/C26H37F2N9O/c1-5-35(6-2)11-12-38-22-8-7-21(23(27)24(22)28)37(31)26(34-30)20-13-18(14-32-25(20)29)19-15-33-36(16-19)10-9-17(3)4/h7-8,13-17H,5-6,9-12,30-31H2,1-4H3,(H2,29,32)/b34-26-. The second-order valence-electron chi connectivity index (χ2n) is 9.24. The third kappa shape index (κ3) is 6.75. The number of ether oxygens (including phenoxy) is 1. The van der Waals surface area contributed by atoms with Crippen molar-refractivity contribution < 1.29 is 13.5 Å². The van der Waals surface area contributed by atoms with Gasteiger partial charge >= 0.3 is 0 Å². The van der Waals surface area contributed by atoms with Crippen LogP contribution in [0.4, 0.5) is 20.3 Å². The fraction of sp³-hybridized carbons (Fsp3) is 0.423. The Bertz CT molecular complexity index is 1240. The summed E-state index contributed by atoms with van der Waals surface area (Å²) in [6.45, 7) is 11.6. The number of hydrazine groups is 1. The van der Waals surface area contributed by atoms with E-state index in [1.165, 1.54) is 12.1 Å². The molecule has 0 aliphatic heterocycles. The molecule has 0 aliphatic carbocycles. The second-order valence-corrected chi connectivity index (χ2v) is 9.24. The number of rotatable bonds is 12. The predicted molar refractivity (Wildman–Crippen MR) is 146 cm³/mol. The van der Waals surface area contributed by atoms with Gasteiger partial charge in [-0.05, 0) is 43.6 Å². The van der Waals surface area contributed by atoms with Gasteiger partial charge in [0, 0.05) is 36.6 Å². The number of hydrogen-bond acceptors (Lipinski definition) is 8. The summed E-state index contributed by atoms with van der Waals surface area (Å²) in [6.07, 6.45) is 6.18. The first-order valence-electron chi connectivity index (χ1n) is 12.6. The first-order chi connectivity index (χ1) is 18.2. The van der Waals surface area contributed by atoms with Crippen molar-refractivity contribution >= 4 is 17.3 Å². The van der Waals surface area contributed by atoms with E-state index in [4.69, 9.17) is 22.2 Å². The third-order valence-corrected chi connectivity index (χ3v) is 6.26. The number of aryl methyl sites for hydroxylation is 1. The van der Waals surface area contributed by atoms with Crippen molar-refractivity contribution in [3.8, 4) is 16.9 Å². The fourth-order valence-electron chi connectivity index (χ4n) is 3.86. The van der Waals surface area contributed by atoms with Crippen LogP contribution in [0.25, 0.3) is 11.1 Å². The van der Waals surface area contributed by atoms with E-state index in [1.54, 1.807) is 18.5 Å². The first kappa shape index (κ1) is 28.8. The molecular formula is C26H37F2N9O. The highest BCUT2D eigenvalue weighted by Gasteiger charge is 2.24. The van der Waals surface area contributed by atoms with Crippen LogP contribution in [-0.2, 0) is 6.54 Å². The summed E-state index contributed by atoms with van der Waals surface area (Å²) in [5.41, 5.74) is 7.53. The highest BCUT2D eigenvalue weighted by atomic mass is 19.2. The van der Waals surface area contributed by atoms with Crippen LogP contribution in [0.1, 0.15) is 39.7 Å². The Labute approximate surface area is 222 Å². The van der Waals surface area contributed by atoms with Crippen LogP contribution in [0.15, 0.2) is 41.9 Å². The molecule has 3 aromatic rings. The molecular weight excluding hydrogens is 492 g/mol. The van der Waals surface area contributed by atoms with E-state index in [0.29, 0.717) is 18.0 Å². The molecule has 0 saturated heterocycles. The highest BCUT2D eigenvalue weighted by Crippen LogP contribution is 2.30. The molecule has 0 radical (unpaired) electrons. The molecule has 1 aromatic carbocycles. The summed E-state index contributed by atoms with van der Waals surface area (Å²) in [5, 5.41) is 8.95. The summed E-state index contributed by atoms with van der Waals surface area (Å²) in [4.78, 5) is 6.34. The quantitative estimate of drug-likeness (QED) is 0.140. The number of benzene rings is 1. The summed E-state index contributed by atoms with van der Waals surface area (Å²) >= 11 is 0. The van der Waals surface area contributed by atoms with Crippen molar-refractivity contribution in [3.63, 3.8) is 0 Å². The lowest BCUT2D eigenvalue weighted by Crippen LogP contribution is -2.40. The van der Waals surface area contributed by atoms with Crippen LogP contribution in [0.3, 0.4) is 0 Å². The highest BCUT2D eigenvalue weighted by molar-refractivity contribution is 6.12. The SMILES string of the molecule is CCN(CC)CCOc1ccc(N(N)/C(=N\N)c2cc(-c3cnn(CCC(C)C)c3)cnc2N)c(F)c1F. The number of nitrogen functional groups attached to an aromatic ring is 1. The summed E-state index contributed by atoms with van der Waals surface area (Å²) in [7, 11) is 0. The number of nitrogens with zero attached hydrogens (tertiary/aromatic N) is 6. The monoisotopic (exact) mass is 529 g/mol. The van der Waals surface area contributed by atoms with Gasteiger partial charge in [0.05, 0.1) is 17.4 Å². The van der Waals surface area contributed by atoms with Crippen LogP contribution in [-0.4, -0.2) is 51.7 Å². The van der Waals surface area contributed by atoms with E-state index >= 15 is 4.39 Å². The average molecular weight is 530 g/mol. The van der Waals surface area contributed by atoms with Crippen molar-refractivity contribution in [2.75, 3.05) is 37.0 Å². The number of anilines is 2. The van der Waals surface area contributed by atoms with E-state index in [1.807, 2.05) is 24.7 Å². The number of hydrazone groups is 1. The molecule has 0 amide bonds. The molecule has 10 nitrogen and oxygen atoms in total. The zero-order valence-corrected chi connectivity index (χ0v) is 22.4. The van der Waals surface area contributed by atoms with Gasteiger partial charge in [-0.15, -0.1) is 0 Å². The zero-order chi connectivity index (χ0) is 27.8. The van der Waals surface area contributed by atoms with Crippen LogP contribution >= 0.6 is 0 Å². The second kappa shape index (κ2) is 13.2. The molecule has 0 atom stereocenters. The fourth-order valence-corrected chi connectivity index (χ4v) is 3.86. The van der Waals surface area contributed by atoms with E-state index in [0.717, 1.165) is 36.6 Å². The number of halogens is 2. The lowest BCUT2D eigenvalue weighted by Gasteiger charge is -2.22. The molecule has 0 fully saturated rings. The molecule has 6 N–H and O–H groups in total. The minimum absolute atomic E-state index is 0.0674.